The summed E-state index contributed by atoms with van der Waals surface area (Å²) in [5.41, 5.74) is 7.63. The molecule has 4 aromatic heterocycles. The molecule has 1 aliphatic carbocycles. The molecule has 0 saturated heterocycles. The molecule has 0 bridgehead atoms. The van der Waals surface area contributed by atoms with Gasteiger partial charge in [-0.3, -0.25) is 0 Å². The van der Waals surface area contributed by atoms with Crippen LogP contribution in [0.4, 0.5) is 5.82 Å². The maximum absolute atomic E-state index is 6.26. The fourth-order valence-corrected chi connectivity index (χ4v) is 5.74. The number of hydrogen-bond donors (Lipinski definition) is 1. The fraction of sp³-hybridized carbons (Fsp3) is 0.294. The molecular weight excluding hydrogens is 386 g/mol. The number of thiophene rings is 2. The highest BCUT2D eigenvalue weighted by Gasteiger charge is 2.20. The predicted molar refractivity (Wildman–Crippen MR) is 106 cm³/mol. The molecule has 4 heterocycles. The van der Waals surface area contributed by atoms with Crippen LogP contribution in [-0.4, -0.2) is 20.2 Å². The van der Waals surface area contributed by atoms with Crippen molar-refractivity contribution in [3.8, 4) is 10.8 Å². The Morgan fingerprint density at radius 1 is 1.19 bits per heavy atom. The first kappa shape index (κ1) is 16.2. The number of anilines is 1. The zero-order valence-electron chi connectivity index (χ0n) is 13.8. The average molecular weight is 402 g/mol. The second-order valence-electron chi connectivity index (χ2n) is 6.06. The van der Waals surface area contributed by atoms with Gasteiger partial charge in [-0.05, 0) is 42.7 Å². The van der Waals surface area contributed by atoms with Gasteiger partial charge >= 0.3 is 0 Å². The molecule has 0 aliphatic heterocycles. The van der Waals surface area contributed by atoms with Crippen molar-refractivity contribution in [3.05, 3.63) is 33.8 Å². The average Bonchev–Trinajstić information content (AvgIpc) is 3.37. The van der Waals surface area contributed by atoms with Crippen LogP contribution in [0.15, 0.2) is 27.2 Å². The first-order valence-corrected chi connectivity index (χ1v) is 11.0. The van der Waals surface area contributed by atoms with Crippen molar-refractivity contribution in [2.45, 2.75) is 36.7 Å². The number of rotatable bonds is 4. The Morgan fingerprint density at radius 2 is 2.12 bits per heavy atom. The van der Waals surface area contributed by atoms with Crippen LogP contribution in [0, 0.1) is 0 Å². The Hall–Kier alpha value is -1.97. The van der Waals surface area contributed by atoms with E-state index in [1.54, 1.807) is 22.7 Å². The van der Waals surface area contributed by atoms with Gasteiger partial charge in [-0.15, -0.1) is 32.9 Å². The lowest BCUT2D eigenvalue weighted by Gasteiger charge is -2.10. The smallest absolute Gasteiger partial charge is 0.277 e. The van der Waals surface area contributed by atoms with E-state index in [0.717, 1.165) is 27.9 Å². The number of hydrogen-bond acceptors (Lipinski definition) is 9. The molecule has 5 rings (SSSR count). The number of fused-ring (bicyclic) bond motifs is 3. The van der Waals surface area contributed by atoms with E-state index >= 15 is 0 Å². The molecule has 0 saturated carbocycles. The van der Waals surface area contributed by atoms with Gasteiger partial charge in [0.15, 0.2) is 0 Å². The number of aryl methyl sites for hydroxylation is 2. The first-order chi connectivity index (χ1) is 12.8. The highest BCUT2D eigenvalue weighted by atomic mass is 32.2. The maximum Gasteiger partial charge on any atom is 0.277 e. The number of aromatic nitrogens is 4. The molecule has 0 fully saturated rings. The van der Waals surface area contributed by atoms with Crippen molar-refractivity contribution in [2.75, 3.05) is 5.73 Å². The van der Waals surface area contributed by atoms with E-state index in [-0.39, 0.29) is 0 Å². The number of nitrogens with zero attached hydrogens (tertiary/aromatic N) is 4. The maximum atomic E-state index is 6.26. The standard InChI is InChI=1S/C17H15N5OS3/c18-14-13-9-4-1-2-5-10(9)26-16(13)20-12(19-14)8-25-17-22-21-15(23-17)11-6-3-7-24-11/h3,6-7H,1-2,4-5,8H2,(H2,18,19,20). The third-order valence-electron chi connectivity index (χ3n) is 4.35. The molecule has 26 heavy (non-hydrogen) atoms. The summed E-state index contributed by atoms with van der Waals surface area (Å²) in [4.78, 5) is 12.6. The highest BCUT2D eigenvalue weighted by molar-refractivity contribution is 7.98. The summed E-state index contributed by atoms with van der Waals surface area (Å²) < 4.78 is 5.70. The van der Waals surface area contributed by atoms with Crippen LogP contribution < -0.4 is 5.73 Å². The molecule has 2 N–H and O–H groups in total. The first-order valence-electron chi connectivity index (χ1n) is 8.35. The molecular formula is C17H15N5OS3. The fourth-order valence-electron chi connectivity index (χ4n) is 3.19. The van der Waals surface area contributed by atoms with E-state index < -0.39 is 0 Å². The second kappa shape index (κ2) is 6.64. The summed E-state index contributed by atoms with van der Waals surface area (Å²) in [7, 11) is 0. The predicted octanol–water partition coefficient (Wildman–Crippen LogP) is 4.56. The van der Waals surface area contributed by atoms with E-state index in [2.05, 4.69) is 15.2 Å². The van der Waals surface area contributed by atoms with Crippen LogP contribution in [0.25, 0.3) is 21.0 Å². The van der Waals surface area contributed by atoms with Crippen LogP contribution in [0.2, 0.25) is 0 Å². The Morgan fingerprint density at radius 3 is 3.00 bits per heavy atom. The van der Waals surface area contributed by atoms with Gasteiger partial charge < -0.3 is 10.2 Å². The van der Waals surface area contributed by atoms with Crippen molar-refractivity contribution in [3.63, 3.8) is 0 Å². The zero-order valence-corrected chi connectivity index (χ0v) is 16.2. The molecule has 9 heteroatoms. The normalized spacial score (nSPS) is 14.0. The topological polar surface area (TPSA) is 90.7 Å². The van der Waals surface area contributed by atoms with Crippen molar-refractivity contribution in [1.82, 2.24) is 20.2 Å². The second-order valence-corrected chi connectivity index (χ2v) is 9.01. The van der Waals surface area contributed by atoms with Crippen LogP contribution in [0.1, 0.15) is 29.1 Å². The third kappa shape index (κ3) is 2.89. The van der Waals surface area contributed by atoms with Crippen molar-refractivity contribution in [1.29, 1.82) is 0 Å². The molecule has 1 aliphatic rings. The molecule has 0 atom stereocenters. The van der Waals surface area contributed by atoms with E-state index in [1.165, 1.54) is 35.0 Å². The minimum absolute atomic E-state index is 0.515. The zero-order chi connectivity index (χ0) is 17.5. The Kier molecular flexibility index (Phi) is 4.14. The summed E-state index contributed by atoms with van der Waals surface area (Å²) in [5, 5.41) is 11.8. The van der Waals surface area contributed by atoms with Gasteiger partial charge in [0, 0.05) is 4.88 Å². The minimum atomic E-state index is 0.515. The van der Waals surface area contributed by atoms with E-state index in [9.17, 15) is 0 Å². The lowest BCUT2D eigenvalue weighted by atomic mass is 9.97. The van der Waals surface area contributed by atoms with Crippen molar-refractivity contribution >= 4 is 50.5 Å². The summed E-state index contributed by atoms with van der Waals surface area (Å²) in [6.07, 6.45) is 4.69. The number of nitrogen functional groups attached to an aromatic ring is 1. The summed E-state index contributed by atoms with van der Waals surface area (Å²) in [6.45, 7) is 0. The largest absolute Gasteiger partial charge is 0.410 e. The van der Waals surface area contributed by atoms with Gasteiger partial charge in [0.1, 0.15) is 16.5 Å². The minimum Gasteiger partial charge on any atom is -0.410 e. The van der Waals surface area contributed by atoms with Gasteiger partial charge in [0.05, 0.1) is 16.0 Å². The highest BCUT2D eigenvalue weighted by Crippen LogP contribution is 2.38. The molecule has 4 aromatic rings. The Labute approximate surface area is 161 Å². The number of nitrogens with two attached hydrogens (primary N) is 1. The third-order valence-corrected chi connectivity index (χ3v) is 7.21. The van der Waals surface area contributed by atoms with Gasteiger partial charge in [0.2, 0.25) is 0 Å². The SMILES string of the molecule is Nc1nc(CSc2nnc(-c3cccs3)o2)nc2sc3c(c12)CCCC3. The quantitative estimate of drug-likeness (QED) is 0.501. The van der Waals surface area contributed by atoms with Crippen molar-refractivity contribution < 1.29 is 4.42 Å². The lowest BCUT2D eigenvalue weighted by molar-refractivity contribution is 0.466. The Bertz CT molecular complexity index is 1070. The van der Waals surface area contributed by atoms with Gasteiger partial charge in [0.25, 0.3) is 11.1 Å². The molecule has 0 aromatic carbocycles. The molecule has 132 valence electrons. The molecule has 0 unspecified atom stereocenters. The summed E-state index contributed by atoms with van der Waals surface area (Å²) >= 11 is 4.77. The number of thioether (sulfide) groups is 1. The summed E-state index contributed by atoms with van der Waals surface area (Å²) in [5.74, 6) is 2.39. The molecule has 0 amide bonds. The van der Waals surface area contributed by atoms with Crippen LogP contribution >= 0.6 is 34.4 Å². The van der Waals surface area contributed by atoms with E-state index in [1.807, 2.05) is 17.5 Å². The van der Waals surface area contributed by atoms with E-state index in [4.69, 9.17) is 15.1 Å². The van der Waals surface area contributed by atoms with Gasteiger partial charge in [-0.1, -0.05) is 17.8 Å². The van der Waals surface area contributed by atoms with E-state index in [0.29, 0.717) is 28.5 Å². The molecule has 0 radical (unpaired) electrons. The lowest BCUT2D eigenvalue weighted by Crippen LogP contribution is -2.02. The van der Waals surface area contributed by atoms with Crippen LogP contribution in [0.5, 0.6) is 0 Å². The molecule has 0 spiro atoms. The monoisotopic (exact) mass is 401 g/mol. The van der Waals surface area contributed by atoms with Gasteiger partial charge in [-0.25, -0.2) is 9.97 Å². The molecule has 6 nitrogen and oxygen atoms in total. The van der Waals surface area contributed by atoms with Gasteiger partial charge in [-0.2, -0.15) is 0 Å². The van der Waals surface area contributed by atoms with Crippen LogP contribution in [-0.2, 0) is 18.6 Å². The summed E-state index contributed by atoms with van der Waals surface area (Å²) in [6, 6.07) is 3.92. The van der Waals surface area contributed by atoms with Crippen molar-refractivity contribution in [2.24, 2.45) is 0 Å². The Balaban J connectivity index is 1.38. The van der Waals surface area contributed by atoms with Crippen LogP contribution in [0.3, 0.4) is 0 Å².